The number of primary amides is 1. The molecule has 0 saturated carbocycles. The van der Waals surface area contributed by atoms with E-state index in [1.54, 1.807) is 13.8 Å². The molecule has 0 fully saturated rings. The van der Waals surface area contributed by atoms with Crippen LogP contribution in [0.1, 0.15) is 13.8 Å². The molecular formula is C10H12ClFN2O2. The molecule has 1 aromatic carbocycles. The van der Waals surface area contributed by atoms with Crippen LogP contribution in [0.25, 0.3) is 0 Å². The van der Waals surface area contributed by atoms with E-state index in [2.05, 4.69) is 5.32 Å². The molecule has 2 amide bonds. The molecule has 0 aliphatic carbocycles. The van der Waals surface area contributed by atoms with Crippen molar-refractivity contribution in [2.45, 2.75) is 20.0 Å². The first kappa shape index (κ1) is 12.6. The summed E-state index contributed by atoms with van der Waals surface area (Å²) in [7, 11) is 0. The van der Waals surface area contributed by atoms with Crippen molar-refractivity contribution in [3.8, 4) is 5.75 Å². The number of urea groups is 1. The van der Waals surface area contributed by atoms with Crippen LogP contribution in [0, 0.1) is 5.82 Å². The molecule has 4 nitrogen and oxygen atoms in total. The maximum atomic E-state index is 13.3. The van der Waals surface area contributed by atoms with Gasteiger partial charge in [-0.1, -0.05) is 11.6 Å². The predicted octanol–water partition coefficient (Wildman–Crippen LogP) is 2.76. The quantitative estimate of drug-likeness (QED) is 0.861. The Labute approximate surface area is 97.5 Å². The van der Waals surface area contributed by atoms with Gasteiger partial charge in [-0.25, -0.2) is 9.18 Å². The number of nitrogens with one attached hydrogen (secondary N) is 1. The molecule has 0 heterocycles. The maximum Gasteiger partial charge on any atom is 0.316 e. The van der Waals surface area contributed by atoms with Gasteiger partial charge in [-0.15, -0.1) is 0 Å². The summed E-state index contributed by atoms with van der Waals surface area (Å²) in [5.41, 5.74) is 4.83. The van der Waals surface area contributed by atoms with Gasteiger partial charge < -0.3 is 15.8 Å². The third kappa shape index (κ3) is 3.27. The molecular weight excluding hydrogens is 235 g/mol. The highest BCUT2D eigenvalue weighted by molar-refractivity contribution is 6.32. The molecule has 88 valence electrons. The Hall–Kier alpha value is -1.49. The number of nitrogens with two attached hydrogens (primary N) is 1. The Morgan fingerprint density at radius 3 is 2.69 bits per heavy atom. The van der Waals surface area contributed by atoms with Gasteiger partial charge in [0.1, 0.15) is 11.6 Å². The van der Waals surface area contributed by atoms with Crippen LogP contribution in [0.3, 0.4) is 0 Å². The molecule has 3 N–H and O–H groups in total. The zero-order valence-corrected chi connectivity index (χ0v) is 9.64. The Morgan fingerprint density at radius 2 is 2.19 bits per heavy atom. The molecule has 0 atom stereocenters. The normalized spacial score (nSPS) is 10.3. The van der Waals surface area contributed by atoms with Crippen molar-refractivity contribution in [2.75, 3.05) is 5.32 Å². The summed E-state index contributed by atoms with van der Waals surface area (Å²) in [6, 6.07) is 1.50. The first-order valence-corrected chi connectivity index (χ1v) is 5.00. The van der Waals surface area contributed by atoms with E-state index in [0.29, 0.717) is 5.75 Å². The van der Waals surface area contributed by atoms with Crippen molar-refractivity contribution in [1.82, 2.24) is 0 Å². The number of hydrogen-bond acceptors (Lipinski definition) is 2. The molecule has 0 aliphatic rings. The number of halogens is 2. The molecule has 0 aromatic heterocycles. The summed E-state index contributed by atoms with van der Waals surface area (Å²) in [5.74, 6) is -0.373. The van der Waals surface area contributed by atoms with Crippen LogP contribution >= 0.6 is 11.6 Å². The van der Waals surface area contributed by atoms with Crippen molar-refractivity contribution in [3.63, 3.8) is 0 Å². The third-order valence-electron chi connectivity index (χ3n) is 1.64. The average molecular weight is 247 g/mol. The SMILES string of the molecule is CC(C)Oc1cc(NC(N)=O)c(F)cc1Cl. The smallest absolute Gasteiger partial charge is 0.316 e. The molecule has 0 saturated heterocycles. The van der Waals surface area contributed by atoms with Gasteiger partial charge in [0, 0.05) is 6.07 Å². The van der Waals surface area contributed by atoms with Crippen LogP contribution in [0.4, 0.5) is 14.9 Å². The fourth-order valence-electron chi connectivity index (χ4n) is 1.10. The minimum absolute atomic E-state index is 0.0625. The topological polar surface area (TPSA) is 64.3 Å². The molecule has 0 spiro atoms. The molecule has 6 heteroatoms. The van der Waals surface area contributed by atoms with E-state index in [-0.39, 0.29) is 16.8 Å². The number of rotatable bonds is 3. The van der Waals surface area contributed by atoms with Crippen LogP contribution in [0.5, 0.6) is 5.75 Å². The minimum atomic E-state index is -0.850. The zero-order chi connectivity index (χ0) is 12.3. The second-order valence-electron chi connectivity index (χ2n) is 3.42. The number of anilines is 1. The van der Waals surface area contributed by atoms with Gasteiger partial charge in [-0.05, 0) is 19.9 Å². The molecule has 0 unspecified atom stereocenters. The van der Waals surface area contributed by atoms with Gasteiger partial charge in [0.2, 0.25) is 0 Å². The standard InChI is InChI=1S/C10H12ClFN2O2/c1-5(2)16-9-4-8(14-10(13)15)7(12)3-6(9)11/h3-5H,1-2H3,(H3,13,14,15). The van der Waals surface area contributed by atoms with Crippen molar-refractivity contribution in [1.29, 1.82) is 0 Å². The zero-order valence-electron chi connectivity index (χ0n) is 8.88. The Kier molecular flexibility index (Phi) is 3.95. The first-order chi connectivity index (χ1) is 7.40. The van der Waals surface area contributed by atoms with Crippen molar-refractivity contribution in [2.24, 2.45) is 5.73 Å². The van der Waals surface area contributed by atoms with Gasteiger partial charge in [0.05, 0.1) is 16.8 Å². The second-order valence-corrected chi connectivity index (χ2v) is 3.83. The molecule has 1 rings (SSSR count). The molecule has 1 aromatic rings. The number of carbonyl (C=O) groups is 1. The van der Waals surface area contributed by atoms with Gasteiger partial charge >= 0.3 is 6.03 Å². The number of ether oxygens (including phenoxy) is 1. The molecule has 0 bridgehead atoms. The highest BCUT2D eigenvalue weighted by Gasteiger charge is 2.11. The molecule has 0 aliphatic heterocycles. The van der Waals surface area contributed by atoms with Crippen LogP contribution in [0.2, 0.25) is 5.02 Å². The number of amides is 2. The largest absolute Gasteiger partial charge is 0.489 e. The minimum Gasteiger partial charge on any atom is -0.489 e. The van der Waals surface area contributed by atoms with E-state index in [1.807, 2.05) is 0 Å². The highest BCUT2D eigenvalue weighted by Crippen LogP contribution is 2.31. The van der Waals surface area contributed by atoms with E-state index in [9.17, 15) is 9.18 Å². The Bertz CT molecular complexity index is 410. The summed E-state index contributed by atoms with van der Waals surface area (Å²) < 4.78 is 18.6. The van der Waals surface area contributed by atoms with E-state index >= 15 is 0 Å². The monoisotopic (exact) mass is 246 g/mol. The lowest BCUT2D eigenvalue weighted by Crippen LogP contribution is -2.20. The highest BCUT2D eigenvalue weighted by atomic mass is 35.5. The lowest BCUT2D eigenvalue weighted by molar-refractivity contribution is 0.242. The lowest BCUT2D eigenvalue weighted by atomic mass is 10.2. The predicted molar refractivity (Wildman–Crippen MR) is 60.4 cm³/mol. The summed E-state index contributed by atoms with van der Waals surface area (Å²) in [6.45, 7) is 3.61. The lowest BCUT2D eigenvalue weighted by Gasteiger charge is -2.13. The van der Waals surface area contributed by atoms with E-state index in [1.165, 1.54) is 6.07 Å². The van der Waals surface area contributed by atoms with Crippen molar-refractivity contribution < 1.29 is 13.9 Å². The fraction of sp³-hybridized carbons (Fsp3) is 0.300. The van der Waals surface area contributed by atoms with Gasteiger partial charge in [0.15, 0.2) is 0 Å². The number of benzene rings is 1. The molecule has 16 heavy (non-hydrogen) atoms. The summed E-state index contributed by atoms with van der Waals surface area (Å²) in [6.07, 6.45) is -0.107. The second kappa shape index (κ2) is 5.03. The van der Waals surface area contributed by atoms with Crippen molar-refractivity contribution in [3.05, 3.63) is 23.0 Å². The summed E-state index contributed by atoms with van der Waals surface area (Å²) in [4.78, 5) is 10.6. The number of hydrogen-bond donors (Lipinski definition) is 2. The summed E-state index contributed by atoms with van der Waals surface area (Å²) >= 11 is 5.77. The van der Waals surface area contributed by atoms with Crippen LogP contribution in [-0.4, -0.2) is 12.1 Å². The van der Waals surface area contributed by atoms with Gasteiger partial charge in [0.25, 0.3) is 0 Å². The van der Waals surface area contributed by atoms with E-state index in [4.69, 9.17) is 22.1 Å². The Balaban J connectivity index is 3.05. The van der Waals surface area contributed by atoms with Crippen molar-refractivity contribution >= 4 is 23.3 Å². The average Bonchev–Trinajstić information content (AvgIpc) is 2.11. The third-order valence-corrected chi connectivity index (χ3v) is 1.94. The first-order valence-electron chi connectivity index (χ1n) is 4.62. The molecule has 0 radical (unpaired) electrons. The fourth-order valence-corrected chi connectivity index (χ4v) is 1.30. The van der Waals surface area contributed by atoms with Crippen LogP contribution < -0.4 is 15.8 Å². The van der Waals surface area contributed by atoms with E-state index < -0.39 is 11.8 Å². The van der Waals surface area contributed by atoms with Gasteiger partial charge in [-0.3, -0.25) is 0 Å². The summed E-state index contributed by atoms with van der Waals surface area (Å²) in [5, 5.41) is 2.28. The number of carbonyl (C=O) groups excluding carboxylic acids is 1. The van der Waals surface area contributed by atoms with Gasteiger partial charge in [-0.2, -0.15) is 0 Å². The maximum absolute atomic E-state index is 13.3. The van der Waals surface area contributed by atoms with E-state index in [0.717, 1.165) is 6.07 Å². The van der Waals surface area contributed by atoms with Crippen LogP contribution in [0.15, 0.2) is 12.1 Å². The van der Waals surface area contributed by atoms with Crippen LogP contribution in [-0.2, 0) is 0 Å². The Morgan fingerprint density at radius 1 is 1.56 bits per heavy atom.